The number of carbonyl (C=O) groups is 1. The minimum atomic E-state index is -0.239. The van der Waals surface area contributed by atoms with Crippen LogP contribution in [0.15, 0.2) is 23.3 Å². The van der Waals surface area contributed by atoms with Crippen LogP contribution in [-0.2, 0) is 0 Å². The van der Waals surface area contributed by atoms with Gasteiger partial charge in [0.1, 0.15) is 5.56 Å². The molecule has 2 heterocycles. The molecule has 1 aromatic rings. The highest BCUT2D eigenvalue weighted by Crippen LogP contribution is 2.16. The summed E-state index contributed by atoms with van der Waals surface area (Å²) in [6, 6.07) is 1.36. The van der Waals surface area contributed by atoms with Crippen LogP contribution in [0.3, 0.4) is 0 Å². The number of pyridine rings is 1. The molecule has 1 aromatic heterocycles. The summed E-state index contributed by atoms with van der Waals surface area (Å²) in [6.07, 6.45) is 4.55. The van der Waals surface area contributed by atoms with E-state index >= 15 is 0 Å². The van der Waals surface area contributed by atoms with Crippen LogP contribution >= 0.6 is 11.6 Å². The van der Waals surface area contributed by atoms with Gasteiger partial charge in [0, 0.05) is 36.9 Å². The number of H-pyrrole nitrogens is 1. The number of hydrogen-bond donors (Lipinski definition) is 1. The third-order valence-electron chi connectivity index (χ3n) is 2.77. The molecule has 16 heavy (non-hydrogen) atoms. The van der Waals surface area contributed by atoms with Crippen molar-refractivity contribution in [3.05, 3.63) is 34.2 Å². The molecule has 0 atom stereocenters. The van der Waals surface area contributed by atoms with Crippen molar-refractivity contribution in [2.75, 3.05) is 13.1 Å². The zero-order chi connectivity index (χ0) is 11.5. The first kappa shape index (κ1) is 11.2. The summed E-state index contributed by atoms with van der Waals surface area (Å²) >= 11 is 5.96. The highest BCUT2D eigenvalue weighted by molar-refractivity contribution is 6.20. The van der Waals surface area contributed by atoms with Crippen molar-refractivity contribution in [2.24, 2.45) is 0 Å². The standard InChI is InChI=1S/C11H13ClN2O2/c12-8-2-5-14(6-3-8)11(16)9-7-13-4-1-10(9)15/h1,4,7-8H,2-3,5-6H2,(H,13,15). The Balaban J connectivity index is 2.14. The molecule has 5 heteroatoms. The minimum Gasteiger partial charge on any atom is -0.367 e. The van der Waals surface area contributed by atoms with E-state index in [1.807, 2.05) is 0 Å². The predicted octanol–water partition coefficient (Wildman–Crippen LogP) is 1.22. The van der Waals surface area contributed by atoms with Crippen LogP contribution in [0.2, 0.25) is 0 Å². The number of nitrogens with one attached hydrogen (secondary N) is 1. The van der Waals surface area contributed by atoms with Gasteiger partial charge in [0.2, 0.25) is 0 Å². The Labute approximate surface area is 98.2 Å². The van der Waals surface area contributed by atoms with Gasteiger partial charge in [-0.2, -0.15) is 0 Å². The van der Waals surface area contributed by atoms with Crippen molar-refractivity contribution in [1.29, 1.82) is 0 Å². The average Bonchev–Trinajstić information content (AvgIpc) is 2.30. The first-order valence-electron chi connectivity index (χ1n) is 5.29. The third-order valence-corrected chi connectivity index (χ3v) is 3.20. The van der Waals surface area contributed by atoms with Gasteiger partial charge in [0.25, 0.3) is 5.91 Å². The van der Waals surface area contributed by atoms with Crippen LogP contribution in [-0.4, -0.2) is 34.3 Å². The fraction of sp³-hybridized carbons (Fsp3) is 0.455. The largest absolute Gasteiger partial charge is 0.367 e. The summed E-state index contributed by atoms with van der Waals surface area (Å²) < 4.78 is 0. The monoisotopic (exact) mass is 240 g/mol. The lowest BCUT2D eigenvalue weighted by molar-refractivity contribution is 0.0725. The number of hydrogen-bond acceptors (Lipinski definition) is 2. The van der Waals surface area contributed by atoms with Crippen LogP contribution in [0.1, 0.15) is 23.2 Å². The van der Waals surface area contributed by atoms with E-state index in [1.54, 1.807) is 4.90 Å². The molecule has 0 saturated carbocycles. The predicted molar refractivity (Wildman–Crippen MR) is 61.8 cm³/mol. The highest BCUT2D eigenvalue weighted by atomic mass is 35.5. The summed E-state index contributed by atoms with van der Waals surface area (Å²) in [5.74, 6) is -0.203. The number of likely N-dealkylation sites (tertiary alicyclic amines) is 1. The second-order valence-electron chi connectivity index (χ2n) is 3.89. The van der Waals surface area contributed by atoms with Crippen molar-refractivity contribution in [2.45, 2.75) is 18.2 Å². The fourth-order valence-corrected chi connectivity index (χ4v) is 2.00. The molecule has 4 nitrogen and oxygen atoms in total. The number of piperidine rings is 1. The van der Waals surface area contributed by atoms with Gasteiger partial charge in [-0.1, -0.05) is 0 Å². The van der Waals surface area contributed by atoms with Gasteiger partial charge in [-0.3, -0.25) is 9.59 Å². The number of carbonyl (C=O) groups excluding carboxylic acids is 1. The maximum Gasteiger partial charge on any atom is 0.259 e. The van der Waals surface area contributed by atoms with Crippen molar-refractivity contribution < 1.29 is 4.79 Å². The lowest BCUT2D eigenvalue weighted by Crippen LogP contribution is -2.40. The van der Waals surface area contributed by atoms with Gasteiger partial charge in [-0.15, -0.1) is 11.6 Å². The topological polar surface area (TPSA) is 53.2 Å². The molecule has 0 radical (unpaired) electrons. The molecule has 2 rings (SSSR count). The van der Waals surface area contributed by atoms with Gasteiger partial charge in [-0.25, -0.2) is 0 Å². The number of nitrogens with zero attached hydrogens (tertiary/aromatic N) is 1. The lowest BCUT2D eigenvalue weighted by atomic mass is 10.1. The van der Waals surface area contributed by atoms with E-state index in [-0.39, 0.29) is 22.3 Å². The number of aromatic nitrogens is 1. The summed E-state index contributed by atoms with van der Waals surface area (Å²) in [6.45, 7) is 1.25. The Bertz CT molecular complexity index is 436. The van der Waals surface area contributed by atoms with Crippen LogP contribution < -0.4 is 5.43 Å². The molecule has 1 aliphatic heterocycles. The molecule has 1 fully saturated rings. The molecule has 0 aromatic carbocycles. The van der Waals surface area contributed by atoms with E-state index in [2.05, 4.69) is 4.98 Å². The summed E-state index contributed by atoms with van der Waals surface area (Å²) in [4.78, 5) is 27.9. The van der Waals surface area contributed by atoms with E-state index in [0.717, 1.165) is 12.8 Å². The number of rotatable bonds is 1. The number of amides is 1. The van der Waals surface area contributed by atoms with E-state index in [4.69, 9.17) is 11.6 Å². The Kier molecular flexibility index (Phi) is 3.29. The van der Waals surface area contributed by atoms with E-state index < -0.39 is 0 Å². The first-order chi connectivity index (χ1) is 7.68. The summed E-state index contributed by atoms with van der Waals surface area (Å²) in [7, 11) is 0. The molecule has 1 aliphatic rings. The van der Waals surface area contributed by atoms with Crippen molar-refractivity contribution in [3.63, 3.8) is 0 Å². The average molecular weight is 241 g/mol. The maximum atomic E-state index is 12.0. The number of alkyl halides is 1. The number of halogens is 1. The van der Waals surface area contributed by atoms with Crippen LogP contribution in [0, 0.1) is 0 Å². The second-order valence-corrected chi connectivity index (χ2v) is 4.51. The van der Waals surface area contributed by atoms with Crippen LogP contribution in [0.25, 0.3) is 0 Å². The second kappa shape index (κ2) is 4.70. The molecule has 0 unspecified atom stereocenters. The maximum absolute atomic E-state index is 12.0. The molecule has 0 aliphatic carbocycles. The zero-order valence-electron chi connectivity index (χ0n) is 8.78. The Morgan fingerprint density at radius 1 is 1.44 bits per heavy atom. The zero-order valence-corrected chi connectivity index (χ0v) is 9.54. The SMILES string of the molecule is O=C(c1c[nH]ccc1=O)N1CCC(Cl)CC1. The first-order valence-corrected chi connectivity index (χ1v) is 5.72. The van der Waals surface area contributed by atoms with E-state index in [9.17, 15) is 9.59 Å². The lowest BCUT2D eigenvalue weighted by Gasteiger charge is -2.29. The molecule has 1 amide bonds. The summed E-state index contributed by atoms with van der Waals surface area (Å²) in [5, 5.41) is 0.151. The Morgan fingerprint density at radius 3 is 2.75 bits per heavy atom. The van der Waals surface area contributed by atoms with Gasteiger partial charge >= 0.3 is 0 Å². The van der Waals surface area contributed by atoms with Gasteiger partial charge < -0.3 is 9.88 Å². The molecular weight excluding hydrogens is 228 g/mol. The smallest absolute Gasteiger partial charge is 0.259 e. The fourth-order valence-electron chi connectivity index (χ4n) is 1.80. The van der Waals surface area contributed by atoms with E-state index in [1.165, 1.54) is 18.5 Å². The summed E-state index contributed by atoms with van der Waals surface area (Å²) in [5.41, 5.74) is -0.0349. The van der Waals surface area contributed by atoms with E-state index in [0.29, 0.717) is 13.1 Å². The van der Waals surface area contributed by atoms with Crippen LogP contribution in [0.4, 0.5) is 0 Å². The Hall–Kier alpha value is -1.29. The molecule has 0 bridgehead atoms. The van der Waals surface area contributed by atoms with Gasteiger partial charge in [-0.05, 0) is 12.8 Å². The normalized spacial score (nSPS) is 17.4. The molecule has 1 N–H and O–H groups in total. The van der Waals surface area contributed by atoms with Crippen LogP contribution in [0.5, 0.6) is 0 Å². The molecule has 0 spiro atoms. The van der Waals surface area contributed by atoms with Crippen molar-refractivity contribution >= 4 is 17.5 Å². The Morgan fingerprint density at radius 2 is 2.12 bits per heavy atom. The van der Waals surface area contributed by atoms with Gasteiger partial charge in [0.15, 0.2) is 5.43 Å². The minimum absolute atomic E-state index is 0.151. The van der Waals surface area contributed by atoms with Crippen molar-refractivity contribution in [1.82, 2.24) is 9.88 Å². The molecule has 1 saturated heterocycles. The molecular formula is C11H13ClN2O2. The number of aromatic amines is 1. The van der Waals surface area contributed by atoms with Crippen molar-refractivity contribution in [3.8, 4) is 0 Å². The highest BCUT2D eigenvalue weighted by Gasteiger charge is 2.23. The van der Waals surface area contributed by atoms with Gasteiger partial charge in [0.05, 0.1) is 0 Å². The third kappa shape index (κ3) is 2.27. The quantitative estimate of drug-likeness (QED) is 0.751. The molecule has 86 valence electrons.